The quantitative estimate of drug-likeness (QED) is 0.768. The molecule has 0 heterocycles. The van der Waals surface area contributed by atoms with Gasteiger partial charge in [-0.1, -0.05) is 12.1 Å². The average molecular weight is 311 g/mol. The molecule has 116 valence electrons. The molecule has 6 nitrogen and oxygen atoms in total. The van der Waals surface area contributed by atoms with Crippen LogP contribution in [0.15, 0.2) is 29.2 Å². The van der Waals surface area contributed by atoms with E-state index < -0.39 is 10.0 Å². The third-order valence-electron chi connectivity index (χ3n) is 3.74. The van der Waals surface area contributed by atoms with Crippen LogP contribution in [0.3, 0.4) is 0 Å². The molecule has 1 aromatic carbocycles. The van der Waals surface area contributed by atoms with E-state index in [1.165, 1.54) is 25.0 Å². The van der Waals surface area contributed by atoms with E-state index in [2.05, 4.69) is 10.6 Å². The summed E-state index contributed by atoms with van der Waals surface area (Å²) in [5.74, 6) is 0.597. The van der Waals surface area contributed by atoms with Gasteiger partial charge in [0.15, 0.2) is 0 Å². The van der Waals surface area contributed by atoms with Gasteiger partial charge in [-0.05, 0) is 50.3 Å². The van der Waals surface area contributed by atoms with Crippen LogP contribution in [0.25, 0.3) is 0 Å². The molecule has 0 bridgehead atoms. The second kappa shape index (κ2) is 6.03. The van der Waals surface area contributed by atoms with Crippen molar-refractivity contribution >= 4 is 16.1 Å². The predicted molar refractivity (Wildman–Crippen MR) is 80.1 cm³/mol. The Labute approximate surface area is 125 Å². The van der Waals surface area contributed by atoms with Crippen LogP contribution in [0.1, 0.15) is 38.3 Å². The lowest BCUT2D eigenvalue weighted by atomic mass is 10.1. The Morgan fingerprint density at radius 3 is 2.24 bits per heavy atom. The molecule has 2 atom stereocenters. The summed E-state index contributed by atoms with van der Waals surface area (Å²) >= 11 is 0. The SMILES string of the molecule is C[C@H](NC(=O)N[C@@H](C)C1CC1)c1ccc(S(N)(=O)=O)cc1. The number of rotatable bonds is 5. The Hall–Kier alpha value is -1.60. The smallest absolute Gasteiger partial charge is 0.315 e. The van der Waals surface area contributed by atoms with Gasteiger partial charge in [0.1, 0.15) is 0 Å². The van der Waals surface area contributed by atoms with Crippen molar-refractivity contribution in [3.63, 3.8) is 0 Å². The minimum atomic E-state index is -3.69. The highest BCUT2D eigenvalue weighted by atomic mass is 32.2. The molecular weight excluding hydrogens is 290 g/mol. The number of hydrogen-bond donors (Lipinski definition) is 3. The van der Waals surface area contributed by atoms with E-state index in [0.29, 0.717) is 5.92 Å². The molecule has 2 amide bonds. The number of carbonyl (C=O) groups excluding carboxylic acids is 1. The maximum atomic E-state index is 11.9. The number of hydrogen-bond acceptors (Lipinski definition) is 3. The van der Waals surface area contributed by atoms with Crippen LogP contribution in [-0.2, 0) is 10.0 Å². The van der Waals surface area contributed by atoms with Crippen LogP contribution < -0.4 is 15.8 Å². The molecule has 0 spiro atoms. The lowest BCUT2D eigenvalue weighted by Crippen LogP contribution is -2.42. The van der Waals surface area contributed by atoms with Gasteiger partial charge in [-0.25, -0.2) is 18.4 Å². The fraction of sp³-hybridized carbons (Fsp3) is 0.500. The highest BCUT2D eigenvalue weighted by Crippen LogP contribution is 2.32. The topological polar surface area (TPSA) is 101 Å². The zero-order valence-corrected chi connectivity index (χ0v) is 13.0. The van der Waals surface area contributed by atoms with Crippen LogP contribution in [0, 0.1) is 5.92 Å². The van der Waals surface area contributed by atoms with E-state index >= 15 is 0 Å². The van der Waals surface area contributed by atoms with E-state index in [0.717, 1.165) is 5.56 Å². The molecule has 0 saturated heterocycles. The summed E-state index contributed by atoms with van der Waals surface area (Å²) in [6.07, 6.45) is 2.35. The zero-order valence-electron chi connectivity index (χ0n) is 12.2. The van der Waals surface area contributed by atoms with E-state index in [-0.39, 0.29) is 23.0 Å². The molecule has 0 radical (unpaired) electrons. The normalized spacial score (nSPS) is 17.9. The summed E-state index contributed by atoms with van der Waals surface area (Å²) in [5, 5.41) is 10.8. The molecule has 0 aliphatic heterocycles. The molecule has 1 aliphatic rings. The van der Waals surface area contributed by atoms with Crippen molar-refractivity contribution < 1.29 is 13.2 Å². The van der Waals surface area contributed by atoms with Gasteiger partial charge in [0, 0.05) is 6.04 Å². The van der Waals surface area contributed by atoms with Gasteiger partial charge in [0.2, 0.25) is 10.0 Å². The average Bonchev–Trinajstić information content (AvgIpc) is 3.21. The Bertz CT molecular complexity index is 609. The highest BCUT2D eigenvalue weighted by Gasteiger charge is 2.29. The number of benzene rings is 1. The van der Waals surface area contributed by atoms with Crippen molar-refractivity contribution in [1.29, 1.82) is 0 Å². The number of urea groups is 1. The maximum Gasteiger partial charge on any atom is 0.315 e. The standard InChI is InChI=1S/C14H21N3O3S/c1-9(11-3-4-11)16-14(18)17-10(2)12-5-7-13(8-6-12)21(15,19)20/h5-11H,3-4H2,1-2H3,(H2,15,19,20)(H2,16,17,18)/t9-,10-/m0/s1. The Morgan fingerprint density at radius 2 is 1.76 bits per heavy atom. The van der Waals surface area contributed by atoms with Crippen molar-refractivity contribution in [1.82, 2.24) is 10.6 Å². The van der Waals surface area contributed by atoms with Crippen molar-refractivity contribution in [2.45, 2.75) is 43.7 Å². The summed E-state index contributed by atoms with van der Waals surface area (Å²) in [6.45, 7) is 3.84. The minimum absolute atomic E-state index is 0.0604. The number of nitrogens with two attached hydrogens (primary N) is 1. The first-order valence-electron chi connectivity index (χ1n) is 6.97. The maximum absolute atomic E-state index is 11.9. The fourth-order valence-electron chi connectivity index (χ4n) is 2.19. The summed E-state index contributed by atoms with van der Waals surface area (Å²) in [5.41, 5.74) is 0.816. The Kier molecular flexibility index (Phi) is 4.53. The first-order chi connectivity index (χ1) is 9.77. The van der Waals surface area contributed by atoms with E-state index in [9.17, 15) is 13.2 Å². The molecule has 21 heavy (non-hydrogen) atoms. The number of nitrogens with one attached hydrogen (secondary N) is 2. The van der Waals surface area contributed by atoms with Gasteiger partial charge >= 0.3 is 6.03 Å². The minimum Gasteiger partial charge on any atom is -0.335 e. The van der Waals surface area contributed by atoms with Crippen molar-refractivity contribution in [3.8, 4) is 0 Å². The van der Waals surface area contributed by atoms with Gasteiger partial charge in [-0.15, -0.1) is 0 Å². The van der Waals surface area contributed by atoms with E-state index in [1.807, 2.05) is 13.8 Å². The third kappa shape index (κ3) is 4.44. The first-order valence-corrected chi connectivity index (χ1v) is 8.52. The second-order valence-corrected chi connectivity index (χ2v) is 7.14. The molecule has 7 heteroatoms. The number of sulfonamides is 1. The monoisotopic (exact) mass is 311 g/mol. The molecule has 4 N–H and O–H groups in total. The molecule has 1 aromatic rings. The van der Waals surface area contributed by atoms with Gasteiger partial charge in [0.25, 0.3) is 0 Å². The lowest BCUT2D eigenvalue weighted by Gasteiger charge is -2.18. The Morgan fingerprint density at radius 1 is 1.19 bits per heavy atom. The number of carbonyl (C=O) groups is 1. The van der Waals surface area contributed by atoms with Crippen LogP contribution in [0.5, 0.6) is 0 Å². The summed E-state index contributed by atoms with van der Waals surface area (Å²) in [7, 11) is -3.69. The van der Waals surface area contributed by atoms with Gasteiger partial charge in [-0.2, -0.15) is 0 Å². The molecule has 0 unspecified atom stereocenters. The van der Waals surface area contributed by atoms with Crippen LogP contribution in [0.4, 0.5) is 4.79 Å². The third-order valence-corrected chi connectivity index (χ3v) is 4.67. The number of primary sulfonamides is 1. The van der Waals surface area contributed by atoms with Crippen LogP contribution in [0.2, 0.25) is 0 Å². The molecule has 1 aliphatic carbocycles. The van der Waals surface area contributed by atoms with Gasteiger partial charge in [0.05, 0.1) is 10.9 Å². The largest absolute Gasteiger partial charge is 0.335 e. The highest BCUT2D eigenvalue weighted by molar-refractivity contribution is 7.89. The zero-order chi connectivity index (χ0) is 15.6. The second-order valence-electron chi connectivity index (χ2n) is 5.58. The van der Waals surface area contributed by atoms with Gasteiger partial charge in [-0.3, -0.25) is 0 Å². The molecule has 0 aromatic heterocycles. The Balaban J connectivity index is 1.93. The van der Waals surface area contributed by atoms with Crippen LogP contribution >= 0.6 is 0 Å². The van der Waals surface area contributed by atoms with E-state index in [1.54, 1.807) is 12.1 Å². The first kappa shape index (κ1) is 15.8. The summed E-state index contributed by atoms with van der Waals surface area (Å²) < 4.78 is 22.4. The van der Waals surface area contributed by atoms with Crippen molar-refractivity contribution in [3.05, 3.63) is 29.8 Å². The summed E-state index contributed by atoms with van der Waals surface area (Å²) in [6, 6.07) is 5.93. The molecule has 1 fully saturated rings. The lowest BCUT2D eigenvalue weighted by molar-refractivity contribution is 0.233. The van der Waals surface area contributed by atoms with Crippen LogP contribution in [-0.4, -0.2) is 20.5 Å². The van der Waals surface area contributed by atoms with Gasteiger partial charge < -0.3 is 10.6 Å². The van der Waals surface area contributed by atoms with Crippen molar-refractivity contribution in [2.75, 3.05) is 0 Å². The summed E-state index contributed by atoms with van der Waals surface area (Å²) in [4.78, 5) is 11.9. The molecular formula is C14H21N3O3S. The molecule has 1 saturated carbocycles. The van der Waals surface area contributed by atoms with Crippen molar-refractivity contribution in [2.24, 2.45) is 11.1 Å². The fourth-order valence-corrected chi connectivity index (χ4v) is 2.70. The van der Waals surface area contributed by atoms with E-state index in [4.69, 9.17) is 5.14 Å². The predicted octanol–water partition coefficient (Wildman–Crippen LogP) is 1.49. The number of amides is 2. The molecule has 2 rings (SSSR count).